The zero-order valence-electron chi connectivity index (χ0n) is 8.68. The number of β-amino-alcohol motifs (C(OH)–C–C–N with tert-alkyl or cyclic N) is 1. The number of nitro groups is 1. The zero-order chi connectivity index (χ0) is 11.9. The second-order valence-electron chi connectivity index (χ2n) is 4.24. The SMILES string of the molecule is CC1(O)CN(c2ccc(Br)cc2[N+](=O)[O-])C1. The fourth-order valence-corrected chi connectivity index (χ4v) is 2.21. The molecule has 0 aromatic heterocycles. The molecule has 5 nitrogen and oxygen atoms in total. The van der Waals surface area contributed by atoms with Crippen LogP contribution in [0, 0.1) is 10.1 Å². The number of benzene rings is 1. The molecule has 1 aliphatic heterocycles. The summed E-state index contributed by atoms with van der Waals surface area (Å²) in [7, 11) is 0. The van der Waals surface area contributed by atoms with Crippen LogP contribution in [0.1, 0.15) is 6.92 Å². The van der Waals surface area contributed by atoms with E-state index in [1.54, 1.807) is 24.0 Å². The molecule has 2 rings (SSSR count). The number of rotatable bonds is 2. The van der Waals surface area contributed by atoms with Crippen molar-refractivity contribution in [3.8, 4) is 0 Å². The first-order valence-corrected chi connectivity index (χ1v) is 5.60. The minimum atomic E-state index is -0.735. The highest BCUT2D eigenvalue weighted by atomic mass is 79.9. The average Bonchev–Trinajstić information content (AvgIpc) is 2.14. The summed E-state index contributed by atoms with van der Waals surface area (Å²) in [6.07, 6.45) is 0. The Balaban J connectivity index is 2.31. The predicted octanol–water partition coefficient (Wildman–Crippen LogP) is 1.93. The van der Waals surface area contributed by atoms with Crippen LogP contribution in [0.15, 0.2) is 22.7 Å². The summed E-state index contributed by atoms with van der Waals surface area (Å²) in [5, 5.41) is 20.5. The van der Waals surface area contributed by atoms with Crippen molar-refractivity contribution >= 4 is 27.3 Å². The Morgan fingerprint density at radius 2 is 2.19 bits per heavy atom. The molecular weight excluding hydrogens is 276 g/mol. The molecule has 0 saturated carbocycles. The smallest absolute Gasteiger partial charge is 0.293 e. The minimum Gasteiger partial charge on any atom is -0.386 e. The fourth-order valence-electron chi connectivity index (χ4n) is 1.86. The Morgan fingerprint density at radius 3 is 2.69 bits per heavy atom. The van der Waals surface area contributed by atoms with Gasteiger partial charge in [-0.25, -0.2) is 0 Å². The van der Waals surface area contributed by atoms with E-state index in [1.165, 1.54) is 6.07 Å². The lowest BCUT2D eigenvalue weighted by atomic mass is 9.96. The molecule has 86 valence electrons. The third-order valence-electron chi connectivity index (χ3n) is 2.54. The molecule has 1 aliphatic rings. The predicted molar refractivity (Wildman–Crippen MR) is 63.6 cm³/mol. The highest BCUT2D eigenvalue weighted by Crippen LogP contribution is 2.36. The van der Waals surface area contributed by atoms with Crippen molar-refractivity contribution in [3.05, 3.63) is 32.8 Å². The molecular formula is C10H11BrN2O3. The number of halogens is 1. The van der Waals surface area contributed by atoms with Crippen molar-refractivity contribution in [2.45, 2.75) is 12.5 Å². The quantitative estimate of drug-likeness (QED) is 0.666. The van der Waals surface area contributed by atoms with Crippen LogP contribution >= 0.6 is 15.9 Å². The first-order chi connectivity index (χ1) is 7.39. The van der Waals surface area contributed by atoms with Crippen molar-refractivity contribution in [2.24, 2.45) is 0 Å². The van der Waals surface area contributed by atoms with Gasteiger partial charge in [-0.15, -0.1) is 0 Å². The largest absolute Gasteiger partial charge is 0.386 e. The first kappa shape index (κ1) is 11.3. The van der Waals surface area contributed by atoms with E-state index in [1.807, 2.05) is 0 Å². The zero-order valence-corrected chi connectivity index (χ0v) is 10.3. The minimum absolute atomic E-state index is 0.0601. The Hall–Kier alpha value is -1.14. The van der Waals surface area contributed by atoms with Gasteiger partial charge in [-0.05, 0) is 19.1 Å². The summed E-state index contributed by atoms with van der Waals surface area (Å²) in [6, 6.07) is 4.93. The van der Waals surface area contributed by atoms with E-state index in [2.05, 4.69) is 15.9 Å². The Morgan fingerprint density at radius 1 is 1.56 bits per heavy atom. The number of nitro benzene ring substituents is 1. The Kier molecular flexibility index (Phi) is 2.63. The number of nitrogens with zero attached hydrogens (tertiary/aromatic N) is 2. The van der Waals surface area contributed by atoms with Crippen molar-refractivity contribution < 1.29 is 10.0 Å². The summed E-state index contributed by atoms with van der Waals surface area (Å²) in [5.74, 6) is 0. The molecule has 1 saturated heterocycles. The molecule has 0 radical (unpaired) electrons. The Bertz CT molecular complexity index is 440. The second kappa shape index (κ2) is 3.71. The molecule has 16 heavy (non-hydrogen) atoms. The monoisotopic (exact) mass is 286 g/mol. The molecule has 1 N–H and O–H groups in total. The molecule has 1 aromatic carbocycles. The summed E-state index contributed by atoms with van der Waals surface area (Å²) < 4.78 is 0.676. The average molecular weight is 287 g/mol. The van der Waals surface area contributed by atoms with E-state index in [0.29, 0.717) is 23.2 Å². The van der Waals surface area contributed by atoms with Gasteiger partial charge in [-0.2, -0.15) is 0 Å². The van der Waals surface area contributed by atoms with E-state index < -0.39 is 10.5 Å². The van der Waals surface area contributed by atoms with E-state index in [4.69, 9.17) is 0 Å². The van der Waals surface area contributed by atoms with Gasteiger partial charge >= 0.3 is 0 Å². The van der Waals surface area contributed by atoms with Gasteiger partial charge in [-0.3, -0.25) is 10.1 Å². The van der Waals surface area contributed by atoms with Gasteiger partial charge in [0, 0.05) is 23.6 Å². The van der Waals surface area contributed by atoms with Crippen LogP contribution in [-0.4, -0.2) is 28.7 Å². The molecule has 0 unspecified atom stereocenters. The van der Waals surface area contributed by atoms with Crippen LogP contribution in [0.4, 0.5) is 11.4 Å². The van der Waals surface area contributed by atoms with Gasteiger partial charge in [0.25, 0.3) is 5.69 Å². The molecule has 1 heterocycles. The maximum absolute atomic E-state index is 10.9. The highest BCUT2D eigenvalue weighted by Gasteiger charge is 2.39. The molecule has 0 amide bonds. The van der Waals surface area contributed by atoms with Gasteiger partial charge in [-0.1, -0.05) is 15.9 Å². The third-order valence-corrected chi connectivity index (χ3v) is 3.03. The van der Waals surface area contributed by atoms with Crippen LogP contribution in [0.25, 0.3) is 0 Å². The lowest BCUT2D eigenvalue weighted by Gasteiger charge is -2.45. The molecule has 1 aromatic rings. The number of hydrogen-bond donors (Lipinski definition) is 1. The summed E-state index contributed by atoms with van der Waals surface area (Å²) >= 11 is 3.20. The number of hydrogen-bond acceptors (Lipinski definition) is 4. The van der Waals surface area contributed by atoms with Crippen molar-refractivity contribution in [1.29, 1.82) is 0 Å². The summed E-state index contributed by atoms with van der Waals surface area (Å²) in [6.45, 7) is 2.57. The highest BCUT2D eigenvalue weighted by molar-refractivity contribution is 9.10. The van der Waals surface area contributed by atoms with Crippen molar-refractivity contribution in [3.63, 3.8) is 0 Å². The Labute approximate surface area is 101 Å². The van der Waals surface area contributed by atoms with E-state index in [0.717, 1.165) is 0 Å². The fraction of sp³-hybridized carbons (Fsp3) is 0.400. The van der Waals surface area contributed by atoms with E-state index >= 15 is 0 Å². The van der Waals surface area contributed by atoms with Crippen LogP contribution in [0.3, 0.4) is 0 Å². The van der Waals surface area contributed by atoms with E-state index in [9.17, 15) is 15.2 Å². The van der Waals surface area contributed by atoms with Gasteiger partial charge in [0.1, 0.15) is 5.69 Å². The molecule has 6 heteroatoms. The topological polar surface area (TPSA) is 66.6 Å². The standard InChI is InChI=1S/C10H11BrN2O3/c1-10(14)5-12(6-10)8-3-2-7(11)4-9(8)13(15)16/h2-4,14H,5-6H2,1H3. The molecule has 0 spiro atoms. The van der Waals surface area contributed by atoms with Crippen LogP contribution < -0.4 is 4.90 Å². The number of anilines is 1. The van der Waals surface area contributed by atoms with Crippen molar-refractivity contribution in [2.75, 3.05) is 18.0 Å². The third kappa shape index (κ3) is 2.03. The van der Waals surface area contributed by atoms with Gasteiger partial charge in [0.2, 0.25) is 0 Å². The maximum atomic E-state index is 10.9. The van der Waals surface area contributed by atoms with Gasteiger partial charge < -0.3 is 10.0 Å². The van der Waals surface area contributed by atoms with Crippen LogP contribution in [0.2, 0.25) is 0 Å². The molecule has 0 aliphatic carbocycles. The van der Waals surface area contributed by atoms with Crippen LogP contribution in [-0.2, 0) is 0 Å². The van der Waals surface area contributed by atoms with E-state index in [-0.39, 0.29) is 5.69 Å². The maximum Gasteiger partial charge on any atom is 0.293 e. The molecule has 1 fully saturated rings. The summed E-state index contributed by atoms with van der Waals surface area (Å²) in [5.41, 5.74) is -0.120. The second-order valence-corrected chi connectivity index (χ2v) is 5.16. The lowest BCUT2D eigenvalue weighted by molar-refractivity contribution is -0.384. The van der Waals surface area contributed by atoms with Crippen LogP contribution in [0.5, 0.6) is 0 Å². The normalized spacial score (nSPS) is 18.1. The molecule has 0 atom stereocenters. The van der Waals surface area contributed by atoms with Crippen molar-refractivity contribution in [1.82, 2.24) is 0 Å². The molecule has 0 bridgehead atoms. The number of aliphatic hydroxyl groups is 1. The van der Waals surface area contributed by atoms with Gasteiger partial charge in [0.05, 0.1) is 10.5 Å². The summed E-state index contributed by atoms with van der Waals surface area (Å²) in [4.78, 5) is 12.3. The lowest BCUT2D eigenvalue weighted by Crippen LogP contribution is -2.60. The van der Waals surface area contributed by atoms with Gasteiger partial charge in [0.15, 0.2) is 0 Å². The first-order valence-electron chi connectivity index (χ1n) is 4.80.